The Morgan fingerprint density at radius 2 is 2.18 bits per heavy atom. The van der Waals surface area contributed by atoms with E-state index >= 15 is 0 Å². The highest BCUT2D eigenvalue weighted by molar-refractivity contribution is 9.08. The molecule has 0 saturated heterocycles. The summed E-state index contributed by atoms with van der Waals surface area (Å²) in [6, 6.07) is 4.22. The minimum atomic E-state index is 0.899. The summed E-state index contributed by atoms with van der Waals surface area (Å²) in [5.41, 5.74) is 3.59. The van der Waals surface area contributed by atoms with Crippen molar-refractivity contribution in [2.45, 2.75) is 25.6 Å². The molecule has 2 heteroatoms. The fourth-order valence-corrected chi connectivity index (χ4v) is 1.57. The maximum atomic E-state index is 4.43. The molecule has 0 unspecified atom stereocenters. The topological polar surface area (TPSA) is 12.9 Å². The van der Waals surface area contributed by atoms with Gasteiger partial charge in [0.15, 0.2) is 0 Å². The second-order valence-corrected chi connectivity index (χ2v) is 3.10. The lowest BCUT2D eigenvalue weighted by molar-refractivity contribution is 0.991. The van der Waals surface area contributed by atoms with Crippen molar-refractivity contribution < 1.29 is 0 Å². The molecule has 1 aromatic rings. The lowest BCUT2D eigenvalue weighted by Crippen LogP contribution is -1.93. The molecular formula is C9H12BrN. The Bertz CT molecular complexity index is 245. The molecule has 0 atom stereocenters. The average Bonchev–Trinajstić information content (AvgIpc) is 2.04. The van der Waals surface area contributed by atoms with Gasteiger partial charge in [0.2, 0.25) is 0 Å². The summed E-state index contributed by atoms with van der Waals surface area (Å²) in [7, 11) is 0. The van der Waals surface area contributed by atoms with Crippen molar-refractivity contribution in [1.29, 1.82) is 0 Å². The summed E-state index contributed by atoms with van der Waals surface area (Å²) in [4.78, 5) is 4.43. The number of aromatic nitrogens is 1. The van der Waals surface area contributed by atoms with Crippen molar-refractivity contribution in [3.63, 3.8) is 0 Å². The van der Waals surface area contributed by atoms with Crippen molar-refractivity contribution in [3.05, 3.63) is 29.1 Å². The van der Waals surface area contributed by atoms with E-state index in [0.717, 1.165) is 17.4 Å². The maximum Gasteiger partial charge on any atom is 0.0416 e. The molecule has 0 aliphatic heterocycles. The Morgan fingerprint density at radius 3 is 2.64 bits per heavy atom. The Kier molecular flexibility index (Phi) is 3.06. The molecule has 11 heavy (non-hydrogen) atoms. The first-order valence-corrected chi connectivity index (χ1v) is 4.91. The molecule has 60 valence electrons. The first kappa shape index (κ1) is 8.72. The summed E-state index contributed by atoms with van der Waals surface area (Å²) < 4.78 is 0. The van der Waals surface area contributed by atoms with Crippen LogP contribution in [0.1, 0.15) is 23.9 Å². The first-order valence-electron chi connectivity index (χ1n) is 3.79. The van der Waals surface area contributed by atoms with Crippen LogP contribution in [0.4, 0.5) is 0 Å². The van der Waals surface area contributed by atoms with Gasteiger partial charge in [-0.05, 0) is 25.0 Å². The van der Waals surface area contributed by atoms with Crippen molar-refractivity contribution in [2.75, 3.05) is 0 Å². The molecule has 0 amide bonds. The largest absolute Gasteiger partial charge is 0.258 e. The quantitative estimate of drug-likeness (QED) is 0.690. The van der Waals surface area contributed by atoms with Crippen LogP contribution in [0.3, 0.4) is 0 Å². The standard InChI is InChI=1S/C9H12BrN/c1-3-9-5-4-8(6-10)7(2)11-9/h4-5H,3,6H2,1-2H3. The molecule has 0 spiro atoms. The van der Waals surface area contributed by atoms with E-state index in [9.17, 15) is 0 Å². The number of pyridine rings is 1. The fraction of sp³-hybridized carbons (Fsp3) is 0.444. The molecule has 0 aliphatic rings. The van der Waals surface area contributed by atoms with Gasteiger partial charge in [0, 0.05) is 16.7 Å². The molecule has 0 fully saturated rings. The molecule has 1 aromatic heterocycles. The molecular weight excluding hydrogens is 202 g/mol. The SMILES string of the molecule is CCc1ccc(CBr)c(C)n1. The summed E-state index contributed by atoms with van der Waals surface area (Å²) in [5.74, 6) is 0. The van der Waals surface area contributed by atoms with Crippen LogP contribution in [-0.4, -0.2) is 4.98 Å². The van der Waals surface area contributed by atoms with Crippen LogP contribution in [0.25, 0.3) is 0 Å². The van der Waals surface area contributed by atoms with Crippen molar-refractivity contribution in [3.8, 4) is 0 Å². The van der Waals surface area contributed by atoms with Gasteiger partial charge in [-0.1, -0.05) is 28.9 Å². The first-order chi connectivity index (χ1) is 5.27. The van der Waals surface area contributed by atoms with Gasteiger partial charge in [-0.25, -0.2) is 0 Å². The Hall–Kier alpha value is -0.370. The van der Waals surface area contributed by atoms with E-state index in [1.807, 2.05) is 0 Å². The van der Waals surface area contributed by atoms with Crippen LogP contribution < -0.4 is 0 Å². The van der Waals surface area contributed by atoms with Gasteiger partial charge in [-0.2, -0.15) is 0 Å². The van der Waals surface area contributed by atoms with E-state index in [2.05, 4.69) is 46.9 Å². The summed E-state index contributed by atoms with van der Waals surface area (Å²) >= 11 is 3.41. The Labute approximate surface area is 76.0 Å². The monoisotopic (exact) mass is 213 g/mol. The van der Waals surface area contributed by atoms with E-state index in [1.165, 1.54) is 11.3 Å². The van der Waals surface area contributed by atoms with Gasteiger partial charge < -0.3 is 0 Å². The molecule has 0 N–H and O–H groups in total. The van der Waals surface area contributed by atoms with E-state index in [4.69, 9.17) is 0 Å². The third-order valence-electron chi connectivity index (χ3n) is 1.76. The van der Waals surface area contributed by atoms with Crippen molar-refractivity contribution in [1.82, 2.24) is 4.98 Å². The van der Waals surface area contributed by atoms with Crippen LogP contribution >= 0.6 is 15.9 Å². The lowest BCUT2D eigenvalue weighted by Gasteiger charge is -2.02. The van der Waals surface area contributed by atoms with Gasteiger partial charge >= 0.3 is 0 Å². The minimum absolute atomic E-state index is 0.899. The number of hydrogen-bond donors (Lipinski definition) is 0. The van der Waals surface area contributed by atoms with Gasteiger partial charge in [-0.3, -0.25) is 4.98 Å². The lowest BCUT2D eigenvalue weighted by atomic mass is 10.2. The number of aryl methyl sites for hydroxylation is 2. The van der Waals surface area contributed by atoms with Gasteiger partial charge in [0.1, 0.15) is 0 Å². The molecule has 0 bridgehead atoms. The van der Waals surface area contributed by atoms with E-state index in [1.54, 1.807) is 0 Å². The number of alkyl halides is 1. The van der Waals surface area contributed by atoms with Crippen molar-refractivity contribution in [2.24, 2.45) is 0 Å². The second kappa shape index (κ2) is 3.86. The predicted octanol–water partition coefficient (Wildman–Crippen LogP) is 2.85. The van der Waals surface area contributed by atoms with Gasteiger partial charge in [-0.15, -0.1) is 0 Å². The number of hydrogen-bond acceptors (Lipinski definition) is 1. The van der Waals surface area contributed by atoms with Crippen LogP contribution in [-0.2, 0) is 11.8 Å². The van der Waals surface area contributed by atoms with Crippen molar-refractivity contribution >= 4 is 15.9 Å². The van der Waals surface area contributed by atoms with E-state index in [0.29, 0.717) is 0 Å². The van der Waals surface area contributed by atoms with Gasteiger partial charge in [0.05, 0.1) is 0 Å². The normalized spacial score (nSPS) is 10.1. The molecule has 1 heterocycles. The summed E-state index contributed by atoms with van der Waals surface area (Å²) in [6.45, 7) is 4.17. The fourth-order valence-electron chi connectivity index (χ4n) is 0.980. The highest BCUT2D eigenvalue weighted by atomic mass is 79.9. The third kappa shape index (κ3) is 2.03. The number of halogens is 1. The smallest absolute Gasteiger partial charge is 0.0416 e. The highest BCUT2D eigenvalue weighted by Crippen LogP contribution is 2.10. The molecule has 0 saturated carbocycles. The molecule has 0 aliphatic carbocycles. The maximum absolute atomic E-state index is 4.43. The molecule has 0 radical (unpaired) electrons. The average molecular weight is 214 g/mol. The minimum Gasteiger partial charge on any atom is -0.258 e. The zero-order valence-electron chi connectivity index (χ0n) is 6.89. The summed E-state index contributed by atoms with van der Waals surface area (Å²) in [6.07, 6.45) is 1.02. The third-order valence-corrected chi connectivity index (χ3v) is 2.36. The highest BCUT2D eigenvalue weighted by Gasteiger charge is 1.97. The molecule has 0 aromatic carbocycles. The summed E-state index contributed by atoms with van der Waals surface area (Å²) in [5, 5.41) is 0.899. The number of rotatable bonds is 2. The zero-order chi connectivity index (χ0) is 8.27. The molecule has 1 rings (SSSR count). The Balaban J connectivity index is 2.99. The predicted molar refractivity (Wildman–Crippen MR) is 51.0 cm³/mol. The number of nitrogens with zero attached hydrogens (tertiary/aromatic N) is 1. The van der Waals surface area contributed by atoms with Crippen LogP contribution in [0.2, 0.25) is 0 Å². The van der Waals surface area contributed by atoms with Crippen LogP contribution in [0.5, 0.6) is 0 Å². The van der Waals surface area contributed by atoms with E-state index < -0.39 is 0 Å². The zero-order valence-corrected chi connectivity index (χ0v) is 8.48. The Morgan fingerprint density at radius 1 is 1.45 bits per heavy atom. The molecule has 1 nitrogen and oxygen atoms in total. The second-order valence-electron chi connectivity index (χ2n) is 2.53. The van der Waals surface area contributed by atoms with Gasteiger partial charge in [0.25, 0.3) is 0 Å². The van der Waals surface area contributed by atoms with Crippen LogP contribution in [0.15, 0.2) is 12.1 Å². The van der Waals surface area contributed by atoms with Crippen LogP contribution in [0, 0.1) is 6.92 Å². The van der Waals surface area contributed by atoms with E-state index in [-0.39, 0.29) is 0 Å².